The number of hydrogen-bond acceptors (Lipinski definition) is 5. The van der Waals surface area contributed by atoms with E-state index in [1.807, 2.05) is 37.3 Å². The topological polar surface area (TPSA) is 59.6 Å². The highest BCUT2D eigenvalue weighted by Gasteiger charge is 2.23. The molecule has 0 aliphatic heterocycles. The normalized spacial score (nSPS) is 13.5. The third-order valence-corrected chi connectivity index (χ3v) is 6.83. The van der Waals surface area contributed by atoms with Gasteiger partial charge in [0.25, 0.3) is 0 Å². The number of anilines is 2. The number of hydrogen-bond donors (Lipinski definition) is 2. The molecule has 3 aromatic carbocycles. The first-order valence-corrected chi connectivity index (χ1v) is 12.6. The minimum Gasteiger partial charge on any atom is -0.496 e. The summed E-state index contributed by atoms with van der Waals surface area (Å²) in [4.78, 5) is 13.0. The van der Waals surface area contributed by atoms with Gasteiger partial charge in [0.05, 0.1) is 19.8 Å². The van der Waals surface area contributed by atoms with Crippen LogP contribution in [0.15, 0.2) is 54.6 Å². The van der Waals surface area contributed by atoms with Crippen molar-refractivity contribution in [3.63, 3.8) is 0 Å². The Morgan fingerprint density at radius 2 is 1.57 bits per heavy atom. The molecule has 0 amide bonds. The number of benzene rings is 3. The van der Waals surface area contributed by atoms with E-state index in [1.54, 1.807) is 7.11 Å². The second-order valence-electron chi connectivity index (χ2n) is 9.20. The van der Waals surface area contributed by atoms with E-state index in [4.69, 9.17) is 9.47 Å². The number of nitrogens with one attached hydrogen (secondary N) is 2. The van der Waals surface area contributed by atoms with Gasteiger partial charge >= 0.3 is 5.97 Å². The monoisotopic (exact) mass is 472 g/mol. The molecule has 0 unspecified atom stereocenters. The number of methoxy groups -OCH3 is 2. The zero-order chi connectivity index (χ0) is 24.8. The molecule has 1 aliphatic carbocycles. The average molecular weight is 473 g/mol. The number of esters is 1. The largest absolute Gasteiger partial charge is 0.496 e. The van der Waals surface area contributed by atoms with Crippen molar-refractivity contribution < 1.29 is 14.3 Å². The van der Waals surface area contributed by atoms with E-state index in [0.717, 1.165) is 57.9 Å². The van der Waals surface area contributed by atoms with Crippen LogP contribution in [0.2, 0.25) is 0 Å². The van der Waals surface area contributed by atoms with Crippen LogP contribution in [0.3, 0.4) is 0 Å². The molecular formula is C30H36N2O3. The van der Waals surface area contributed by atoms with Gasteiger partial charge in [-0.05, 0) is 73.2 Å². The average Bonchev–Trinajstić information content (AvgIpc) is 3.40. The summed E-state index contributed by atoms with van der Waals surface area (Å²) in [6.45, 7) is 5.03. The molecule has 0 heterocycles. The molecule has 5 nitrogen and oxygen atoms in total. The molecule has 0 saturated heterocycles. The first-order chi connectivity index (χ1) is 17.0. The molecule has 5 heteroatoms. The molecule has 0 spiro atoms. The van der Waals surface area contributed by atoms with Crippen LogP contribution in [-0.4, -0.2) is 32.8 Å². The molecule has 3 aromatic rings. The van der Waals surface area contributed by atoms with Gasteiger partial charge in [0.15, 0.2) is 0 Å². The molecule has 0 bridgehead atoms. The van der Waals surface area contributed by atoms with Crippen LogP contribution in [0, 0.1) is 6.92 Å². The smallest absolute Gasteiger partial charge is 0.338 e. The molecular weight excluding hydrogens is 436 g/mol. The quantitative estimate of drug-likeness (QED) is 0.320. The van der Waals surface area contributed by atoms with E-state index >= 15 is 0 Å². The van der Waals surface area contributed by atoms with Crippen LogP contribution < -0.4 is 15.4 Å². The Kier molecular flexibility index (Phi) is 7.96. The number of ether oxygens (including phenoxy) is 2. The summed E-state index contributed by atoms with van der Waals surface area (Å²) < 4.78 is 11.1. The fourth-order valence-corrected chi connectivity index (χ4v) is 4.98. The van der Waals surface area contributed by atoms with Gasteiger partial charge in [0, 0.05) is 35.1 Å². The maximum Gasteiger partial charge on any atom is 0.338 e. The predicted octanol–water partition coefficient (Wildman–Crippen LogP) is 7.30. The lowest BCUT2D eigenvalue weighted by molar-refractivity contribution is 0.0601. The van der Waals surface area contributed by atoms with Gasteiger partial charge in [-0.15, -0.1) is 0 Å². The van der Waals surface area contributed by atoms with Gasteiger partial charge in [0.1, 0.15) is 5.75 Å². The maximum absolute atomic E-state index is 13.0. The van der Waals surface area contributed by atoms with Crippen molar-refractivity contribution in [3.8, 4) is 28.0 Å². The van der Waals surface area contributed by atoms with Crippen molar-refractivity contribution in [1.82, 2.24) is 0 Å². The van der Waals surface area contributed by atoms with Gasteiger partial charge in [-0.25, -0.2) is 4.79 Å². The van der Waals surface area contributed by atoms with Gasteiger partial charge in [-0.2, -0.15) is 0 Å². The number of carbonyl (C=O) groups is 1. The van der Waals surface area contributed by atoms with E-state index < -0.39 is 0 Å². The van der Waals surface area contributed by atoms with Crippen molar-refractivity contribution in [2.24, 2.45) is 0 Å². The Labute approximate surface area is 208 Å². The van der Waals surface area contributed by atoms with E-state index in [1.165, 1.54) is 32.8 Å². The van der Waals surface area contributed by atoms with Crippen molar-refractivity contribution in [2.45, 2.75) is 52.0 Å². The second-order valence-corrected chi connectivity index (χ2v) is 9.20. The predicted molar refractivity (Wildman–Crippen MR) is 145 cm³/mol. The molecule has 35 heavy (non-hydrogen) atoms. The lowest BCUT2D eigenvalue weighted by Gasteiger charge is -2.20. The first kappa shape index (κ1) is 24.6. The fourth-order valence-electron chi connectivity index (χ4n) is 4.98. The lowest BCUT2D eigenvalue weighted by atomic mass is 9.88. The summed E-state index contributed by atoms with van der Waals surface area (Å²) >= 11 is 0. The molecule has 184 valence electrons. The highest BCUT2D eigenvalue weighted by Crippen LogP contribution is 2.41. The van der Waals surface area contributed by atoms with E-state index in [2.05, 4.69) is 41.8 Å². The first-order valence-electron chi connectivity index (χ1n) is 12.6. The van der Waals surface area contributed by atoms with Crippen LogP contribution in [0.4, 0.5) is 11.4 Å². The molecule has 4 rings (SSSR count). The summed E-state index contributed by atoms with van der Waals surface area (Å²) in [5.74, 6) is 0.379. The number of carbonyl (C=O) groups excluding carboxylic acids is 1. The third kappa shape index (κ3) is 5.45. The summed E-state index contributed by atoms with van der Waals surface area (Å²) in [6, 6.07) is 19.1. The Bertz CT molecular complexity index is 1150. The molecule has 1 fully saturated rings. The number of rotatable bonds is 9. The van der Waals surface area contributed by atoms with E-state index in [9.17, 15) is 4.79 Å². The van der Waals surface area contributed by atoms with Crippen LogP contribution in [0.5, 0.6) is 5.75 Å². The summed E-state index contributed by atoms with van der Waals surface area (Å²) in [5.41, 5.74) is 7.24. The Morgan fingerprint density at radius 3 is 2.17 bits per heavy atom. The highest BCUT2D eigenvalue weighted by atomic mass is 16.5. The van der Waals surface area contributed by atoms with Gasteiger partial charge < -0.3 is 20.1 Å². The van der Waals surface area contributed by atoms with Crippen LogP contribution in [0.25, 0.3) is 22.3 Å². The Hall–Kier alpha value is -3.47. The minimum absolute atomic E-state index is 0.353. The van der Waals surface area contributed by atoms with Gasteiger partial charge in [-0.3, -0.25) is 0 Å². The molecule has 0 atom stereocenters. The van der Waals surface area contributed by atoms with Crippen LogP contribution in [0.1, 0.15) is 54.9 Å². The molecule has 1 aliphatic rings. The minimum atomic E-state index is -0.353. The van der Waals surface area contributed by atoms with Crippen molar-refractivity contribution in [2.75, 3.05) is 31.4 Å². The van der Waals surface area contributed by atoms with Crippen molar-refractivity contribution >= 4 is 17.3 Å². The SMILES string of the molecule is CCCNc1ccc(-c2cc(OC)c(-c3ccc(NC4CCCC4)cc3)c(C)c2C(=O)OC)cc1. The second kappa shape index (κ2) is 11.3. The van der Waals surface area contributed by atoms with Crippen molar-refractivity contribution in [1.29, 1.82) is 0 Å². The van der Waals surface area contributed by atoms with E-state index in [0.29, 0.717) is 11.6 Å². The van der Waals surface area contributed by atoms with Crippen LogP contribution in [-0.2, 0) is 4.74 Å². The molecule has 0 radical (unpaired) electrons. The Morgan fingerprint density at radius 1 is 0.943 bits per heavy atom. The summed E-state index contributed by atoms with van der Waals surface area (Å²) in [6.07, 6.45) is 6.12. The third-order valence-electron chi connectivity index (χ3n) is 6.83. The fraction of sp³-hybridized carbons (Fsp3) is 0.367. The van der Waals surface area contributed by atoms with Crippen LogP contribution >= 0.6 is 0 Å². The molecule has 0 aromatic heterocycles. The lowest BCUT2D eigenvalue weighted by Crippen LogP contribution is -2.14. The van der Waals surface area contributed by atoms with E-state index in [-0.39, 0.29) is 5.97 Å². The molecule has 2 N–H and O–H groups in total. The standard InChI is InChI=1S/C30H36N2O3/c1-5-18-31-23-14-10-21(11-15-23)26-19-27(34-3)28(20(2)29(26)30(33)35-4)22-12-16-25(17-13-22)32-24-8-6-7-9-24/h10-17,19,24,31-32H,5-9,18H2,1-4H3. The summed E-state index contributed by atoms with van der Waals surface area (Å²) in [7, 11) is 3.10. The maximum atomic E-state index is 13.0. The van der Waals surface area contributed by atoms with Crippen molar-refractivity contribution in [3.05, 3.63) is 65.7 Å². The van der Waals surface area contributed by atoms with Gasteiger partial charge in [-0.1, -0.05) is 44.0 Å². The summed E-state index contributed by atoms with van der Waals surface area (Å²) in [5, 5.41) is 7.03. The molecule has 1 saturated carbocycles. The Balaban J connectivity index is 1.74. The zero-order valence-corrected chi connectivity index (χ0v) is 21.2. The zero-order valence-electron chi connectivity index (χ0n) is 21.2. The van der Waals surface area contributed by atoms with Gasteiger partial charge in [0.2, 0.25) is 0 Å². The highest BCUT2D eigenvalue weighted by molar-refractivity contribution is 6.02.